The van der Waals surface area contributed by atoms with Gasteiger partial charge in [0.2, 0.25) is 0 Å². The molecule has 0 spiro atoms. The normalized spacial score (nSPS) is 18.9. The summed E-state index contributed by atoms with van der Waals surface area (Å²) < 4.78 is 42.7. The van der Waals surface area contributed by atoms with Crippen LogP contribution in [0.4, 0.5) is 24.7 Å². The van der Waals surface area contributed by atoms with Gasteiger partial charge in [0.25, 0.3) is 0 Å². The van der Waals surface area contributed by atoms with Gasteiger partial charge in [-0.05, 0) is 12.1 Å². The van der Waals surface area contributed by atoms with E-state index in [1.165, 1.54) is 11.1 Å². The number of aromatic nitrogens is 1. The average molecular weight is 247 g/mol. The molecule has 17 heavy (non-hydrogen) atoms. The smallest absolute Gasteiger partial charge is 0.397 e. The van der Waals surface area contributed by atoms with Gasteiger partial charge in [-0.15, -0.1) is 0 Å². The van der Waals surface area contributed by atoms with E-state index in [4.69, 9.17) is 5.73 Å². The highest BCUT2D eigenvalue weighted by Gasteiger charge is 2.63. The Bertz CT molecular complexity index is 398. The van der Waals surface area contributed by atoms with Crippen LogP contribution in [0, 0.1) is 0 Å². The molecule has 0 aromatic carbocycles. The summed E-state index contributed by atoms with van der Waals surface area (Å²) in [6, 6.07) is 3.19. The fraction of sp³-hybridized carbons (Fsp3) is 0.500. The predicted octanol–water partition coefficient (Wildman–Crippen LogP) is 1.43. The molecule has 0 amide bonds. The maximum Gasteiger partial charge on any atom is 0.420 e. The van der Waals surface area contributed by atoms with E-state index in [-0.39, 0.29) is 13.1 Å². The van der Waals surface area contributed by atoms with Crippen LogP contribution in [0.25, 0.3) is 0 Å². The molecule has 0 bridgehead atoms. The number of hydrogen-bond donors (Lipinski definition) is 1. The number of anilines is 2. The van der Waals surface area contributed by atoms with Crippen LogP contribution < -0.4 is 10.6 Å². The monoisotopic (exact) mass is 247 g/mol. The summed E-state index contributed by atoms with van der Waals surface area (Å²) in [6.07, 6.45) is -2.96. The molecule has 1 saturated heterocycles. The molecule has 4 nitrogen and oxygen atoms in total. The van der Waals surface area contributed by atoms with Gasteiger partial charge in [-0.25, -0.2) is 4.98 Å². The first kappa shape index (κ1) is 12.0. The maximum absolute atomic E-state index is 12.7. The van der Waals surface area contributed by atoms with Crippen molar-refractivity contribution in [3.8, 4) is 0 Å². The molecule has 94 valence electrons. The topological polar surface area (TPSA) is 51.4 Å². The number of methoxy groups -OCH3 is 1. The van der Waals surface area contributed by atoms with Gasteiger partial charge in [-0.2, -0.15) is 13.2 Å². The molecule has 1 aromatic heterocycles. The van der Waals surface area contributed by atoms with Gasteiger partial charge in [0.1, 0.15) is 5.82 Å². The molecular formula is C10H12F3N3O. The summed E-state index contributed by atoms with van der Waals surface area (Å²) in [4.78, 5) is 5.46. The third kappa shape index (κ3) is 1.90. The Kier molecular flexibility index (Phi) is 2.65. The average Bonchev–Trinajstić information content (AvgIpc) is 2.17. The Morgan fingerprint density at radius 2 is 2.06 bits per heavy atom. The number of nitrogen functional groups attached to an aromatic ring is 1. The molecule has 0 aliphatic carbocycles. The van der Waals surface area contributed by atoms with Crippen molar-refractivity contribution in [1.82, 2.24) is 4.98 Å². The van der Waals surface area contributed by atoms with Crippen LogP contribution in [0.2, 0.25) is 0 Å². The van der Waals surface area contributed by atoms with Gasteiger partial charge in [0.05, 0.1) is 25.0 Å². The second kappa shape index (κ2) is 3.76. The van der Waals surface area contributed by atoms with Gasteiger partial charge in [0, 0.05) is 7.11 Å². The minimum absolute atomic E-state index is 0.246. The first-order valence-electron chi connectivity index (χ1n) is 4.96. The van der Waals surface area contributed by atoms with Crippen molar-refractivity contribution in [2.75, 3.05) is 30.8 Å². The molecule has 2 heterocycles. The molecule has 0 saturated carbocycles. The Balaban J connectivity index is 2.09. The molecule has 2 N–H and O–H groups in total. The number of ether oxygens (including phenoxy) is 1. The number of hydrogen-bond acceptors (Lipinski definition) is 4. The minimum Gasteiger partial charge on any atom is -0.397 e. The zero-order valence-corrected chi connectivity index (χ0v) is 9.16. The fourth-order valence-corrected chi connectivity index (χ4v) is 1.74. The summed E-state index contributed by atoms with van der Waals surface area (Å²) in [5.74, 6) is 0.469. The van der Waals surface area contributed by atoms with E-state index in [2.05, 4.69) is 9.72 Å². The summed E-state index contributed by atoms with van der Waals surface area (Å²) >= 11 is 0. The third-order valence-electron chi connectivity index (χ3n) is 2.89. The van der Waals surface area contributed by atoms with Crippen LogP contribution in [-0.2, 0) is 4.74 Å². The van der Waals surface area contributed by atoms with Gasteiger partial charge in [-0.3, -0.25) is 0 Å². The second-order valence-corrected chi connectivity index (χ2v) is 4.00. The van der Waals surface area contributed by atoms with Gasteiger partial charge in [-0.1, -0.05) is 0 Å². The zero-order valence-electron chi connectivity index (χ0n) is 9.16. The summed E-state index contributed by atoms with van der Waals surface area (Å²) in [5.41, 5.74) is 3.85. The van der Waals surface area contributed by atoms with Crippen LogP contribution in [0.5, 0.6) is 0 Å². The molecule has 0 atom stereocenters. The van der Waals surface area contributed by atoms with Gasteiger partial charge < -0.3 is 15.4 Å². The van der Waals surface area contributed by atoms with Crippen LogP contribution >= 0.6 is 0 Å². The lowest BCUT2D eigenvalue weighted by atomic mass is 9.93. The Morgan fingerprint density at radius 3 is 2.47 bits per heavy atom. The number of nitrogens with two attached hydrogens (primary N) is 1. The Morgan fingerprint density at radius 1 is 1.41 bits per heavy atom. The van der Waals surface area contributed by atoms with Crippen LogP contribution in [-0.4, -0.2) is 37.0 Å². The first-order valence-corrected chi connectivity index (χ1v) is 4.96. The van der Waals surface area contributed by atoms with E-state index < -0.39 is 11.8 Å². The van der Waals surface area contributed by atoms with Crippen LogP contribution in [0.1, 0.15) is 0 Å². The summed E-state index contributed by atoms with van der Waals surface area (Å²) in [6.45, 7) is -0.492. The third-order valence-corrected chi connectivity index (χ3v) is 2.89. The van der Waals surface area contributed by atoms with E-state index in [1.54, 1.807) is 12.1 Å². The molecule has 2 rings (SSSR count). The lowest BCUT2D eigenvalue weighted by Gasteiger charge is -2.49. The van der Waals surface area contributed by atoms with E-state index in [9.17, 15) is 13.2 Å². The Labute approximate surface area is 96.2 Å². The standard InChI is InChI=1S/C10H12F3N3O/c1-17-9(10(11,12)13)5-16(6-9)8-3-2-7(14)4-15-8/h2-4H,5-6,14H2,1H3. The van der Waals surface area contributed by atoms with E-state index >= 15 is 0 Å². The van der Waals surface area contributed by atoms with Gasteiger partial charge in [0.15, 0.2) is 5.60 Å². The van der Waals surface area contributed by atoms with Crippen LogP contribution in [0.3, 0.4) is 0 Å². The molecule has 1 aliphatic rings. The number of halogens is 3. The largest absolute Gasteiger partial charge is 0.420 e. The number of rotatable bonds is 2. The van der Waals surface area contributed by atoms with Crippen molar-refractivity contribution in [2.45, 2.75) is 11.8 Å². The zero-order chi connectivity index (χ0) is 12.7. The second-order valence-electron chi connectivity index (χ2n) is 4.00. The lowest BCUT2D eigenvalue weighted by molar-refractivity contribution is -0.277. The number of pyridine rings is 1. The van der Waals surface area contributed by atoms with E-state index in [0.29, 0.717) is 11.5 Å². The molecule has 0 unspecified atom stereocenters. The van der Waals surface area contributed by atoms with Gasteiger partial charge >= 0.3 is 6.18 Å². The molecule has 1 aromatic rings. The number of nitrogens with zero attached hydrogens (tertiary/aromatic N) is 2. The van der Waals surface area contributed by atoms with Crippen molar-refractivity contribution >= 4 is 11.5 Å². The van der Waals surface area contributed by atoms with Crippen molar-refractivity contribution in [1.29, 1.82) is 0 Å². The van der Waals surface area contributed by atoms with E-state index in [0.717, 1.165) is 7.11 Å². The van der Waals surface area contributed by atoms with Crippen molar-refractivity contribution < 1.29 is 17.9 Å². The first-order chi connectivity index (χ1) is 7.88. The lowest BCUT2D eigenvalue weighted by Crippen LogP contribution is -2.70. The van der Waals surface area contributed by atoms with Crippen molar-refractivity contribution in [3.05, 3.63) is 18.3 Å². The van der Waals surface area contributed by atoms with Crippen molar-refractivity contribution in [3.63, 3.8) is 0 Å². The number of alkyl halides is 3. The minimum atomic E-state index is -4.37. The summed E-state index contributed by atoms with van der Waals surface area (Å²) in [5, 5.41) is 0. The van der Waals surface area contributed by atoms with E-state index in [1.807, 2.05) is 0 Å². The highest BCUT2D eigenvalue weighted by Crippen LogP contribution is 2.41. The van der Waals surface area contributed by atoms with Crippen molar-refractivity contribution in [2.24, 2.45) is 0 Å². The molecular weight excluding hydrogens is 235 g/mol. The summed E-state index contributed by atoms with van der Waals surface area (Å²) in [7, 11) is 1.07. The van der Waals surface area contributed by atoms with Crippen LogP contribution in [0.15, 0.2) is 18.3 Å². The maximum atomic E-state index is 12.7. The molecule has 1 aliphatic heterocycles. The highest BCUT2D eigenvalue weighted by atomic mass is 19.4. The predicted molar refractivity (Wildman–Crippen MR) is 56.7 cm³/mol. The fourth-order valence-electron chi connectivity index (χ4n) is 1.74. The molecule has 1 fully saturated rings. The SMILES string of the molecule is COC1(C(F)(F)F)CN(c2ccc(N)cn2)C1. The molecule has 7 heteroatoms. The Hall–Kier alpha value is -1.50. The highest BCUT2D eigenvalue weighted by molar-refractivity contribution is 5.49. The quantitative estimate of drug-likeness (QED) is 0.859. The molecule has 0 radical (unpaired) electrons.